The third-order valence-corrected chi connectivity index (χ3v) is 4.91. The highest BCUT2D eigenvalue weighted by Gasteiger charge is 2.15. The van der Waals surface area contributed by atoms with E-state index in [4.69, 9.17) is 0 Å². The van der Waals surface area contributed by atoms with Crippen LogP contribution < -0.4 is 10.6 Å². The Morgan fingerprint density at radius 3 is 2.52 bits per heavy atom. The average Bonchev–Trinajstić information content (AvgIpc) is 2.78. The lowest BCUT2D eigenvalue weighted by molar-refractivity contribution is 0.195. The molecule has 1 saturated heterocycles. The molecule has 6 heteroatoms. The first-order chi connectivity index (χ1) is 11.0. The Balaban J connectivity index is 1.73. The highest BCUT2D eigenvalue weighted by Crippen LogP contribution is 2.15. The molecule has 2 rings (SSSR count). The average molecular weight is 320 g/mol. The summed E-state index contributed by atoms with van der Waals surface area (Å²) in [4.78, 5) is 6.85. The lowest BCUT2D eigenvalue weighted by Crippen LogP contribution is -2.43. The molecule has 23 heavy (non-hydrogen) atoms. The second-order valence-corrected chi connectivity index (χ2v) is 6.65. The summed E-state index contributed by atoms with van der Waals surface area (Å²) in [6.45, 7) is 11.7. The van der Waals surface area contributed by atoms with Crippen molar-refractivity contribution < 1.29 is 0 Å². The van der Waals surface area contributed by atoms with E-state index in [1.165, 1.54) is 37.2 Å². The minimum absolute atomic E-state index is 0.756. The lowest BCUT2D eigenvalue weighted by atomic mass is 9.99. The van der Waals surface area contributed by atoms with Gasteiger partial charge in [0.05, 0.1) is 5.69 Å². The molecule has 1 aromatic heterocycles. The molecule has 2 heterocycles. The molecular weight excluding hydrogens is 288 g/mol. The van der Waals surface area contributed by atoms with E-state index in [-0.39, 0.29) is 0 Å². The molecular formula is C17H32N6. The van der Waals surface area contributed by atoms with Crippen LogP contribution in [0.1, 0.15) is 36.7 Å². The normalized spacial score (nSPS) is 17.5. The smallest absolute Gasteiger partial charge is 0.191 e. The van der Waals surface area contributed by atoms with Gasteiger partial charge in [-0.3, -0.25) is 9.67 Å². The maximum Gasteiger partial charge on any atom is 0.191 e. The Hall–Kier alpha value is -1.56. The fourth-order valence-corrected chi connectivity index (χ4v) is 3.08. The van der Waals surface area contributed by atoms with Crippen LogP contribution in [0.3, 0.4) is 0 Å². The first-order valence-electron chi connectivity index (χ1n) is 8.67. The van der Waals surface area contributed by atoms with Gasteiger partial charge in [0.2, 0.25) is 0 Å². The molecule has 2 N–H and O–H groups in total. The van der Waals surface area contributed by atoms with Crippen LogP contribution in [0.4, 0.5) is 0 Å². The van der Waals surface area contributed by atoms with Crippen molar-refractivity contribution in [1.82, 2.24) is 25.3 Å². The number of likely N-dealkylation sites (tertiary alicyclic amines) is 1. The van der Waals surface area contributed by atoms with E-state index >= 15 is 0 Å². The number of hydrogen-bond donors (Lipinski definition) is 2. The molecule has 0 aromatic carbocycles. The van der Waals surface area contributed by atoms with E-state index in [2.05, 4.69) is 46.4 Å². The first-order valence-corrected chi connectivity index (χ1v) is 8.67. The van der Waals surface area contributed by atoms with Crippen molar-refractivity contribution in [3.63, 3.8) is 0 Å². The molecule has 0 bridgehead atoms. The summed E-state index contributed by atoms with van der Waals surface area (Å²) in [5.41, 5.74) is 3.53. The standard InChI is InChI=1S/C17H32N6/c1-13-6-9-23(10-7-13)11-8-19-17(18-4)20-12-16-14(2)21-22(5)15(16)3/h13H,6-12H2,1-5H3,(H2,18,19,20). The highest BCUT2D eigenvalue weighted by molar-refractivity contribution is 5.79. The predicted octanol–water partition coefficient (Wildman–Crippen LogP) is 1.43. The Kier molecular flexibility index (Phi) is 6.45. The van der Waals surface area contributed by atoms with Gasteiger partial charge in [0, 0.05) is 45.0 Å². The SMILES string of the molecule is CN=C(NCCN1CCC(C)CC1)NCc1c(C)nn(C)c1C. The Morgan fingerprint density at radius 1 is 1.26 bits per heavy atom. The molecule has 0 aliphatic carbocycles. The van der Waals surface area contributed by atoms with Crippen molar-refractivity contribution >= 4 is 5.96 Å². The quantitative estimate of drug-likeness (QED) is 0.637. The zero-order valence-electron chi connectivity index (χ0n) is 15.3. The summed E-state index contributed by atoms with van der Waals surface area (Å²) in [6.07, 6.45) is 2.65. The van der Waals surface area contributed by atoms with Crippen LogP contribution in [0.15, 0.2) is 4.99 Å². The van der Waals surface area contributed by atoms with Gasteiger partial charge in [-0.25, -0.2) is 0 Å². The van der Waals surface area contributed by atoms with Crippen molar-refractivity contribution in [1.29, 1.82) is 0 Å². The van der Waals surface area contributed by atoms with Crippen LogP contribution >= 0.6 is 0 Å². The van der Waals surface area contributed by atoms with E-state index in [0.717, 1.165) is 37.2 Å². The molecule has 1 aromatic rings. The maximum atomic E-state index is 4.45. The predicted molar refractivity (Wildman–Crippen MR) is 95.7 cm³/mol. The summed E-state index contributed by atoms with van der Waals surface area (Å²) in [6, 6.07) is 0. The number of piperidine rings is 1. The van der Waals surface area contributed by atoms with Gasteiger partial charge in [0.15, 0.2) is 5.96 Å². The van der Waals surface area contributed by atoms with E-state index in [0.29, 0.717) is 0 Å². The van der Waals surface area contributed by atoms with Crippen LogP contribution in [0, 0.1) is 19.8 Å². The summed E-state index contributed by atoms with van der Waals surface area (Å²) in [7, 11) is 3.80. The molecule has 0 spiro atoms. The molecule has 1 aliphatic heterocycles. The molecule has 130 valence electrons. The topological polar surface area (TPSA) is 57.5 Å². The van der Waals surface area contributed by atoms with Crippen LogP contribution in [-0.4, -0.2) is 53.9 Å². The number of aromatic nitrogens is 2. The number of hydrogen-bond acceptors (Lipinski definition) is 3. The Bertz CT molecular complexity index is 525. The molecule has 0 atom stereocenters. The third kappa shape index (κ3) is 4.96. The van der Waals surface area contributed by atoms with E-state index in [1.807, 2.05) is 18.8 Å². The van der Waals surface area contributed by atoms with E-state index in [9.17, 15) is 0 Å². The number of nitrogens with one attached hydrogen (secondary N) is 2. The molecule has 6 nitrogen and oxygen atoms in total. The number of rotatable bonds is 5. The molecule has 1 aliphatic rings. The maximum absolute atomic E-state index is 4.45. The van der Waals surface area contributed by atoms with Crippen LogP contribution in [0.5, 0.6) is 0 Å². The van der Waals surface area contributed by atoms with Gasteiger partial charge < -0.3 is 15.5 Å². The van der Waals surface area contributed by atoms with Crippen molar-refractivity contribution in [2.75, 3.05) is 33.2 Å². The number of nitrogens with zero attached hydrogens (tertiary/aromatic N) is 4. The molecule has 0 unspecified atom stereocenters. The third-order valence-electron chi connectivity index (χ3n) is 4.91. The van der Waals surface area contributed by atoms with Gasteiger partial charge in [-0.2, -0.15) is 5.10 Å². The van der Waals surface area contributed by atoms with Crippen molar-refractivity contribution in [2.45, 2.75) is 40.2 Å². The van der Waals surface area contributed by atoms with Crippen LogP contribution in [0.2, 0.25) is 0 Å². The minimum Gasteiger partial charge on any atom is -0.355 e. The molecule has 0 saturated carbocycles. The van der Waals surface area contributed by atoms with Gasteiger partial charge in [-0.05, 0) is 45.7 Å². The Labute approximate surface area is 140 Å². The zero-order chi connectivity index (χ0) is 16.8. The Morgan fingerprint density at radius 2 is 1.96 bits per heavy atom. The monoisotopic (exact) mass is 320 g/mol. The van der Waals surface area contributed by atoms with Gasteiger partial charge in [-0.1, -0.05) is 6.92 Å². The van der Waals surface area contributed by atoms with E-state index < -0.39 is 0 Å². The highest BCUT2D eigenvalue weighted by atomic mass is 15.3. The summed E-state index contributed by atoms with van der Waals surface area (Å²) >= 11 is 0. The largest absolute Gasteiger partial charge is 0.355 e. The lowest BCUT2D eigenvalue weighted by Gasteiger charge is -2.30. The second-order valence-electron chi connectivity index (χ2n) is 6.65. The number of aliphatic imine (C=N–C) groups is 1. The van der Waals surface area contributed by atoms with Crippen LogP contribution in [0.25, 0.3) is 0 Å². The number of aryl methyl sites for hydroxylation is 2. The zero-order valence-corrected chi connectivity index (χ0v) is 15.3. The first kappa shape index (κ1) is 17.8. The van der Waals surface area contributed by atoms with Crippen LogP contribution in [-0.2, 0) is 13.6 Å². The molecule has 0 radical (unpaired) electrons. The van der Waals surface area contributed by atoms with Crippen molar-refractivity contribution in [2.24, 2.45) is 18.0 Å². The van der Waals surface area contributed by atoms with E-state index in [1.54, 1.807) is 0 Å². The summed E-state index contributed by atoms with van der Waals surface area (Å²) in [5.74, 6) is 1.75. The van der Waals surface area contributed by atoms with Crippen molar-refractivity contribution in [3.8, 4) is 0 Å². The van der Waals surface area contributed by atoms with Gasteiger partial charge in [-0.15, -0.1) is 0 Å². The summed E-state index contributed by atoms with van der Waals surface area (Å²) < 4.78 is 1.93. The minimum atomic E-state index is 0.756. The number of guanidine groups is 1. The van der Waals surface area contributed by atoms with Gasteiger partial charge in [0.25, 0.3) is 0 Å². The fourth-order valence-electron chi connectivity index (χ4n) is 3.08. The van der Waals surface area contributed by atoms with Crippen molar-refractivity contribution in [3.05, 3.63) is 17.0 Å². The van der Waals surface area contributed by atoms with Gasteiger partial charge in [0.1, 0.15) is 0 Å². The fraction of sp³-hybridized carbons (Fsp3) is 0.765. The molecule has 1 fully saturated rings. The molecule has 0 amide bonds. The summed E-state index contributed by atoms with van der Waals surface area (Å²) in [5, 5.41) is 11.3. The second kappa shape index (κ2) is 8.34. The van der Waals surface area contributed by atoms with Gasteiger partial charge >= 0.3 is 0 Å².